The van der Waals surface area contributed by atoms with Gasteiger partial charge in [-0.15, -0.1) is 0 Å². The van der Waals surface area contributed by atoms with Crippen LogP contribution in [-0.4, -0.2) is 19.1 Å². The third kappa shape index (κ3) is 1.29. The second kappa shape index (κ2) is 3.38. The molecule has 2 rings (SSSR count). The monoisotopic (exact) mass is 188 g/mol. The number of rotatable bonds is 1. The predicted molar refractivity (Wildman–Crippen MR) is 49.9 cm³/mol. The highest BCUT2D eigenvalue weighted by molar-refractivity contribution is 5.98. The number of para-hydroxylation sites is 2. The van der Waals surface area contributed by atoms with Crippen molar-refractivity contribution >= 4 is 11.6 Å². The number of benzene rings is 1. The summed E-state index contributed by atoms with van der Waals surface area (Å²) in [6, 6.07) is 9.15. The quantitative estimate of drug-likeness (QED) is 0.616. The SMILES string of the molecule is N#CCN1C(=O)COc2ccccc21. The fourth-order valence-electron chi connectivity index (χ4n) is 1.40. The number of hydrogen-bond donors (Lipinski definition) is 0. The van der Waals surface area contributed by atoms with Crippen LogP contribution >= 0.6 is 0 Å². The Balaban J connectivity index is 2.42. The van der Waals surface area contributed by atoms with Crippen molar-refractivity contribution in [2.45, 2.75) is 0 Å². The fourth-order valence-corrected chi connectivity index (χ4v) is 1.40. The molecule has 0 saturated carbocycles. The van der Waals surface area contributed by atoms with Gasteiger partial charge in [0, 0.05) is 0 Å². The van der Waals surface area contributed by atoms with E-state index < -0.39 is 0 Å². The number of nitriles is 1. The zero-order chi connectivity index (χ0) is 9.97. The van der Waals surface area contributed by atoms with E-state index >= 15 is 0 Å². The van der Waals surface area contributed by atoms with Crippen LogP contribution in [0.3, 0.4) is 0 Å². The van der Waals surface area contributed by atoms with Gasteiger partial charge in [-0.3, -0.25) is 9.69 Å². The molecule has 1 aliphatic heterocycles. The van der Waals surface area contributed by atoms with Gasteiger partial charge in [-0.1, -0.05) is 12.1 Å². The van der Waals surface area contributed by atoms with Crippen LogP contribution in [0.4, 0.5) is 5.69 Å². The molecule has 14 heavy (non-hydrogen) atoms. The molecule has 1 amide bonds. The van der Waals surface area contributed by atoms with Gasteiger partial charge in [-0.25, -0.2) is 0 Å². The van der Waals surface area contributed by atoms with Crippen molar-refractivity contribution in [2.75, 3.05) is 18.1 Å². The van der Waals surface area contributed by atoms with Gasteiger partial charge in [0.15, 0.2) is 6.61 Å². The summed E-state index contributed by atoms with van der Waals surface area (Å²) in [6.07, 6.45) is 0. The highest BCUT2D eigenvalue weighted by atomic mass is 16.5. The topological polar surface area (TPSA) is 53.3 Å². The summed E-state index contributed by atoms with van der Waals surface area (Å²) < 4.78 is 5.21. The van der Waals surface area contributed by atoms with E-state index in [0.29, 0.717) is 11.4 Å². The van der Waals surface area contributed by atoms with Crippen LogP contribution < -0.4 is 9.64 Å². The average Bonchev–Trinajstić information content (AvgIpc) is 2.23. The Kier molecular flexibility index (Phi) is 2.07. The molecule has 1 heterocycles. The number of hydrogen-bond acceptors (Lipinski definition) is 3. The maximum atomic E-state index is 11.4. The highest BCUT2D eigenvalue weighted by Crippen LogP contribution is 2.30. The Morgan fingerprint density at radius 2 is 2.29 bits per heavy atom. The molecule has 0 N–H and O–H groups in total. The first-order valence-electron chi connectivity index (χ1n) is 4.22. The van der Waals surface area contributed by atoms with Crippen molar-refractivity contribution in [1.29, 1.82) is 5.26 Å². The molecule has 0 fully saturated rings. The first-order valence-corrected chi connectivity index (χ1v) is 4.22. The lowest BCUT2D eigenvalue weighted by molar-refractivity contribution is -0.121. The number of amides is 1. The van der Waals surface area contributed by atoms with Gasteiger partial charge in [0.2, 0.25) is 0 Å². The number of fused-ring (bicyclic) bond motifs is 1. The summed E-state index contributed by atoms with van der Waals surface area (Å²) >= 11 is 0. The lowest BCUT2D eigenvalue weighted by atomic mass is 10.2. The summed E-state index contributed by atoms with van der Waals surface area (Å²) in [5, 5.41) is 8.58. The van der Waals surface area contributed by atoms with Gasteiger partial charge >= 0.3 is 0 Å². The number of ether oxygens (including phenoxy) is 1. The van der Waals surface area contributed by atoms with Crippen LogP contribution in [0.1, 0.15) is 0 Å². The molecular formula is C10H8N2O2. The van der Waals surface area contributed by atoms with Crippen LogP contribution in [0.25, 0.3) is 0 Å². The molecule has 4 nitrogen and oxygen atoms in total. The lowest BCUT2D eigenvalue weighted by Gasteiger charge is -2.26. The number of nitrogens with zero attached hydrogens (tertiary/aromatic N) is 2. The van der Waals surface area contributed by atoms with Gasteiger partial charge in [0.25, 0.3) is 5.91 Å². The molecule has 0 aliphatic carbocycles. The van der Waals surface area contributed by atoms with Crippen molar-refractivity contribution in [3.05, 3.63) is 24.3 Å². The first kappa shape index (κ1) is 8.57. The van der Waals surface area contributed by atoms with Crippen molar-refractivity contribution in [1.82, 2.24) is 0 Å². The largest absolute Gasteiger partial charge is 0.482 e. The maximum Gasteiger partial charge on any atom is 0.265 e. The second-order valence-electron chi connectivity index (χ2n) is 2.89. The van der Waals surface area contributed by atoms with Gasteiger partial charge in [-0.2, -0.15) is 5.26 Å². The minimum absolute atomic E-state index is 0.0126. The van der Waals surface area contributed by atoms with Crippen molar-refractivity contribution in [2.24, 2.45) is 0 Å². The molecule has 70 valence electrons. The number of carbonyl (C=O) groups excluding carboxylic acids is 1. The molecule has 0 unspecified atom stereocenters. The van der Waals surface area contributed by atoms with Crippen LogP contribution in [0.5, 0.6) is 5.75 Å². The molecule has 1 aromatic rings. The summed E-state index contributed by atoms with van der Waals surface area (Å²) in [5.74, 6) is 0.479. The van der Waals surface area contributed by atoms with E-state index in [1.807, 2.05) is 18.2 Å². The van der Waals surface area contributed by atoms with Crippen LogP contribution in [-0.2, 0) is 4.79 Å². The van der Waals surface area contributed by atoms with E-state index in [2.05, 4.69) is 0 Å². The minimum Gasteiger partial charge on any atom is -0.482 e. The van der Waals surface area contributed by atoms with Gasteiger partial charge in [0.05, 0.1) is 11.8 Å². The molecule has 4 heteroatoms. The summed E-state index contributed by atoms with van der Waals surface area (Å²) in [5.41, 5.74) is 0.672. The highest BCUT2D eigenvalue weighted by Gasteiger charge is 2.24. The molecule has 1 aromatic carbocycles. The van der Waals surface area contributed by atoms with E-state index in [4.69, 9.17) is 10.00 Å². The molecular weight excluding hydrogens is 180 g/mol. The van der Waals surface area contributed by atoms with Crippen LogP contribution in [0.2, 0.25) is 0 Å². The van der Waals surface area contributed by atoms with Crippen molar-refractivity contribution in [3.8, 4) is 11.8 Å². The molecule has 0 spiro atoms. The first-order chi connectivity index (χ1) is 6.83. The standard InChI is InChI=1S/C10H8N2O2/c11-5-6-12-8-3-1-2-4-9(8)14-7-10(12)13/h1-4H,6-7H2. The normalized spacial score (nSPS) is 14.2. The smallest absolute Gasteiger partial charge is 0.265 e. The third-order valence-corrected chi connectivity index (χ3v) is 2.04. The molecule has 0 atom stereocenters. The number of carbonyl (C=O) groups is 1. The average molecular weight is 188 g/mol. The second-order valence-corrected chi connectivity index (χ2v) is 2.89. The maximum absolute atomic E-state index is 11.4. The van der Waals surface area contributed by atoms with E-state index in [0.717, 1.165) is 0 Å². The van der Waals surface area contributed by atoms with E-state index in [-0.39, 0.29) is 19.1 Å². The van der Waals surface area contributed by atoms with E-state index in [9.17, 15) is 4.79 Å². The molecule has 1 aliphatic rings. The summed E-state index contributed by atoms with van der Waals surface area (Å²) in [6.45, 7) is 0.0812. The molecule has 0 saturated heterocycles. The summed E-state index contributed by atoms with van der Waals surface area (Å²) in [7, 11) is 0. The zero-order valence-corrected chi connectivity index (χ0v) is 7.43. The van der Waals surface area contributed by atoms with E-state index in [1.165, 1.54) is 4.90 Å². The molecule has 0 radical (unpaired) electrons. The van der Waals surface area contributed by atoms with Crippen LogP contribution in [0.15, 0.2) is 24.3 Å². The Hall–Kier alpha value is -2.02. The van der Waals surface area contributed by atoms with Crippen LogP contribution in [0, 0.1) is 11.3 Å². The molecule has 0 aromatic heterocycles. The number of anilines is 1. The third-order valence-electron chi connectivity index (χ3n) is 2.04. The van der Waals surface area contributed by atoms with Gasteiger partial charge in [0.1, 0.15) is 12.3 Å². The fraction of sp³-hybridized carbons (Fsp3) is 0.200. The minimum atomic E-state index is -0.176. The Morgan fingerprint density at radius 1 is 1.50 bits per heavy atom. The van der Waals surface area contributed by atoms with Gasteiger partial charge in [-0.05, 0) is 12.1 Å². The Bertz CT molecular complexity index is 409. The van der Waals surface area contributed by atoms with E-state index in [1.54, 1.807) is 12.1 Å². The zero-order valence-electron chi connectivity index (χ0n) is 7.43. The Morgan fingerprint density at radius 3 is 3.07 bits per heavy atom. The van der Waals surface area contributed by atoms with Crippen molar-refractivity contribution < 1.29 is 9.53 Å². The van der Waals surface area contributed by atoms with Gasteiger partial charge < -0.3 is 4.74 Å². The summed E-state index contributed by atoms with van der Waals surface area (Å²) in [4.78, 5) is 12.8. The lowest BCUT2D eigenvalue weighted by Crippen LogP contribution is -2.38. The Labute approximate surface area is 81.3 Å². The van der Waals surface area contributed by atoms with Crippen molar-refractivity contribution in [3.63, 3.8) is 0 Å². The molecule has 0 bridgehead atoms. The predicted octanol–water partition coefficient (Wildman–Crippen LogP) is 0.936.